The summed E-state index contributed by atoms with van der Waals surface area (Å²) in [6, 6.07) is 5.31. The molecule has 0 unspecified atom stereocenters. The molecule has 0 saturated heterocycles. The Kier molecular flexibility index (Phi) is 2.42. The third kappa shape index (κ3) is 2.68. The average Bonchev–Trinajstić information content (AvgIpc) is 3.20. The molecule has 0 aliphatic heterocycles. The van der Waals surface area contributed by atoms with Gasteiger partial charge in [0.15, 0.2) is 11.8 Å². The summed E-state index contributed by atoms with van der Waals surface area (Å²) in [4.78, 5) is 0. The lowest BCUT2D eigenvalue weighted by Gasteiger charge is -2.19. The molecule has 134 valence electrons. The van der Waals surface area contributed by atoms with Gasteiger partial charge in [0, 0.05) is 18.5 Å². The minimum absolute atomic E-state index is 0.0274. The van der Waals surface area contributed by atoms with Crippen LogP contribution in [0.2, 0.25) is 0 Å². The SMILES string of the molecule is [2H]c1nnc2oc3c(-c4cc(C([2H])([2H])C(C)(C)C)c(C([2H])([2H])[2H])c[n+]4C)c(C)ccc3n12. The zero-order chi connectivity index (χ0) is 23.8. The van der Waals surface area contributed by atoms with Gasteiger partial charge in [-0.2, -0.15) is 0 Å². The first-order chi connectivity index (χ1) is 14.6. The van der Waals surface area contributed by atoms with E-state index in [9.17, 15) is 0 Å². The van der Waals surface area contributed by atoms with E-state index in [1.165, 1.54) is 10.6 Å². The van der Waals surface area contributed by atoms with Crippen LogP contribution in [0.4, 0.5) is 0 Å². The van der Waals surface area contributed by atoms with Crippen LogP contribution in [0.25, 0.3) is 28.2 Å². The Balaban J connectivity index is 2.11. The lowest BCUT2D eigenvalue weighted by molar-refractivity contribution is -0.660. The van der Waals surface area contributed by atoms with E-state index in [1.54, 1.807) is 38.5 Å². The number of benzene rings is 1. The summed E-state index contributed by atoms with van der Waals surface area (Å²) >= 11 is 0. The van der Waals surface area contributed by atoms with Crippen molar-refractivity contribution >= 4 is 16.9 Å². The molecule has 0 radical (unpaired) electrons. The van der Waals surface area contributed by atoms with Crippen LogP contribution >= 0.6 is 0 Å². The molecule has 5 heteroatoms. The molecule has 4 aromatic rings. The molecule has 0 N–H and O–H groups in total. The number of aryl methyl sites for hydroxylation is 3. The highest BCUT2D eigenvalue weighted by Crippen LogP contribution is 2.33. The smallest absolute Gasteiger partial charge is 0.327 e. The summed E-state index contributed by atoms with van der Waals surface area (Å²) in [5, 5.41) is 7.62. The van der Waals surface area contributed by atoms with Gasteiger partial charge in [0.25, 0.3) is 0 Å². The van der Waals surface area contributed by atoms with Crippen molar-refractivity contribution in [3.8, 4) is 11.3 Å². The van der Waals surface area contributed by atoms with E-state index in [2.05, 4.69) is 10.2 Å². The minimum atomic E-state index is -2.48. The third-order valence-electron chi connectivity index (χ3n) is 4.29. The van der Waals surface area contributed by atoms with Crippen molar-refractivity contribution in [2.24, 2.45) is 12.5 Å². The van der Waals surface area contributed by atoms with E-state index in [0.717, 1.165) is 5.56 Å². The average molecular weight is 355 g/mol. The Morgan fingerprint density at radius 2 is 2.15 bits per heavy atom. The third-order valence-corrected chi connectivity index (χ3v) is 4.29. The second-order valence-electron chi connectivity index (χ2n) is 7.60. The van der Waals surface area contributed by atoms with Gasteiger partial charge in [0.05, 0.1) is 11.1 Å². The maximum atomic E-state index is 8.81. The fraction of sp³-hybridized carbons (Fsp3) is 0.381. The maximum absolute atomic E-state index is 8.81. The Morgan fingerprint density at radius 3 is 2.88 bits per heavy atom. The number of hydrogen-bond donors (Lipinski definition) is 0. The largest absolute Gasteiger partial charge is 0.421 e. The van der Waals surface area contributed by atoms with Crippen LogP contribution in [-0.2, 0) is 13.4 Å². The van der Waals surface area contributed by atoms with Crippen LogP contribution in [0.3, 0.4) is 0 Å². The molecular weight excluding hydrogens is 324 g/mol. The molecular formula is C21H25N4O+. The van der Waals surface area contributed by atoms with Crippen LogP contribution in [-0.4, -0.2) is 14.6 Å². The molecule has 26 heavy (non-hydrogen) atoms. The van der Waals surface area contributed by atoms with Gasteiger partial charge < -0.3 is 4.42 Å². The van der Waals surface area contributed by atoms with Gasteiger partial charge in [-0.05, 0) is 42.8 Å². The van der Waals surface area contributed by atoms with Crippen LogP contribution in [0.1, 0.15) is 45.7 Å². The molecule has 0 aliphatic rings. The molecule has 3 heterocycles. The molecule has 0 aliphatic carbocycles. The fourth-order valence-electron chi connectivity index (χ4n) is 3.18. The summed E-state index contributed by atoms with van der Waals surface area (Å²) in [6.07, 6.45) is -0.497. The predicted octanol–water partition coefficient (Wildman–Crippen LogP) is 4.17. The quantitative estimate of drug-likeness (QED) is 0.507. The van der Waals surface area contributed by atoms with Gasteiger partial charge in [-0.3, -0.25) is 0 Å². The van der Waals surface area contributed by atoms with E-state index in [0.29, 0.717) is 22.4 Å². The lowest BCUT2D eigenvalue weighted by Crippen LogP contribution is -2.32. The molecule has 0 bridgehead atoms. The minimum Gasteiger partial charge on any atom is -0.421 e. The van der Waals surface area contributed by atoms with Crippen LogP contribution in [0.15, 0.2) is 35.1 Å². The number of pyridine rings is 1. The second-order valence-corrected chi connectivity index (χ2v) is 7.60. The predicted molar refractivity (Wildman–Crippen MR) is 102 cm³/mol. The topological polar surface area (TPSA) is 47.2 Å². The fourth-order valence-corrected chi connectivity index (χ4v) is 3.18. The first-order valence-electron chi connectivity index (χ1n) is 11.4. The van der Waals surface area contributed by atoms with E-state index in [-0.39, 0.29) is 23.3 Å². The van der Waals surface area contributed by atoms with Gasteiger partial charge in [0.1, 0.15) is 14.7 Å². The lowest BCUT2D eigenvalue weighted by atomic mass is 9.86. The summed E-state index contributed by atoms with van der Waals surface area (Å²) in [6.45, 7) is 4.66. The number of hydrogen-bond acceptors (Lipinski definition) is 3. The summed E-state index contributed by atoms with van der Waals surface area (Å²) in [5.74, 6) is 0.184. The number of oxazole rings is 1. The van der Waals surface area contributed by atoms with E-state index in [4.69, 9.17) is 12.6 Å². The summed E-state index contributed by atoms with van der Waals surface area (Å²) in [7, 11) is 1.73. The van der Waals surface area contributed by atoms with E-state index in [1.807, 2.05) is 19.1 Å². The zero-order valence-corrected chi connectivity index (χ0v) is 15.5. The normalized spacial score (nSPS) is 16.8. The number of rotatable bonds is 2. The number of aromatic nitrogens is 4. The molecule has 5 nitrogen and oxygen atoms in total. The molecule has 4 rings (SSSR count). The molecule has 1 aromatic carbocycles. The standard InChI is InChI=1S/C21H25N4O/c1-13-7-8-16-19(26-20-23-22-12-25(16)20)18(13)17-9-15(10-21(3,4)5)14(2)11-24(17)6/h7-9,11-12H,10H2,1-6H3/q+1/i2D3,10D2,12D. The highest BCUT2D eigenvalue weighted by Gasteiger charge is 2.24. The molecule has 0 fully saturated rings. The van der Waals surface area contributed by atoms with Crippen molar-refractivity contribution in [3.05, 3.63) is 47.4 Å². The Labute approximate surface area is 161 Å². The number of nitrogens with zero attached hydrogens (tertiary/aromatic N) is 4. The van der Waals surface area contributed by atoms with Crippen molar-refractivity contribution in [1.82, 2.24) is 14.6 Å². The van der Waals surface area contributed by atoms with Gasteiger partial charge in [-0.25, -0.2) is 8.97 Å². The molecule has 0 saturated carbocycles. The second kappa shape index (κ2) is 5.66. The van der Waals surface area contributed by atoms with Gasteiger partial charge >= 0.3 is 5.84 Å². The first kappa shape index (κ1) is 11.1. The van der Waals surface area contributed by atoms with Gasteiger partial charge in [-0.15, -0.1) is 5.10 Å². The molecule has 0 amide bonds. The Bertz CT molecular complexity index is 1360. The van der Waals surface area contributed by atoms with Gasteiger partial charge in [0.2, 0.25) is 5.69 Å². The highest BCUT2D eigenvalue weighted by atomic mass is 16.4. The van der Waals surface area contributed by atoms with Crippen molar-refractivity contribution in [1.29, 1.82) is 0 Å². The maximum Gasteiger partial charge on any atom is 0.327 e. The Morgan fingerprint density at radius 1 is 1.35 bits per heavy atom. The monoisotopic (exact) mass is 355 g/mol. The number of fused-ring (bicyclic) bond motifs is 3. The van der Waals surface area contributed by atoms with Crippen LogP contribution in [0, 0.1) is 19.2 Å². The zero-order valence-electron chi connectivity index (χ0n) is 21.5. The van der Waals surface area contributed by atoms with Crippen molar-refractivity contribution in [2.75, 3.05) is 0 Å². The van der Waals surface area contributed by atoms with Gasteiger partial charge in [-0.1, -0.05) is 31.9 Å². The summed E-state index contributed by atoms with van der Waals surface area (Å²) < 4.78 is 58.8. The van der Waals surface area contributed by atoms with Crippen molar-refractivity contribution < 1.29 is 17.2 Å². The van der Waals surface area contributed by atoms with E-state index < -0.39 is 18.6 Å². The summed E-state index contributed by atoms with van der Waals surface area (Å²) in [5.41, 5.74) is 2.46. The highest BCUT2D eigenvalue weighted by molar-refractivity contribution is 5.92. The van der Waals surface area contributed by atoms with Crippen LogP contribution < -0.4 is 4.57 Å². The van der Waals surface area contributed by atoms with E-state index >= 15 is 0 Å². The van der Waals surface area contributed by atoms with Crippen LogP contribution in [0.5, 0.6) is 0 Å². The van der Waals surface area contributed by atoms with Crippen molar-refractivity contribution in [3.63, 3.8) is 0 Å². The molecule has 3 aromatic heterocycles. The van der Waals surface area contributed by atoms with Crippen molar-refractivity contribution in [2.45, 2.75) is 40.9 Å². The first-order valence-corrected chi connectivity index (χ1v) is 8.43. The molecule has 0 atom stereocenters. The molecule has 0 spiro atoms. The Hall–Kier alpha value is -2.69.